The Morgan fingerprint density at radius 1 is 1.05 bits per heavy atom. The molecule has 0 radical (unpaired) electrons. The van der Waals surface area contributed by atoms with Crippen LogP contribution in [0.4, 0.5) is 5.69 Å². The quantitative estimate of drug-likeness (QED) is 0.664. The highest BCUT2D eigenvalue weighted by Gasteiger charge is 2.25. The summed E-state index contributed by atoms with van der Waals surface area (Å²) in [5.74, 6) is 1.45. The molecule has 0 amide bonds. The van der Waals surface area contributed by atoms with E-state index in [0.29, 0.717) is 5.92 Å². The van der Waals surface area contributed by atoms with Crippen molar-refractivity contribution in [3.8, 4) is 0 Å². The molecule has 3 heteroatoms. The number of piperazine rings is 1. The highest BCUT2D eigenvalue weighted by molar-refractivity contribution is 5.82. The van der Waals surface area contributed by atoms with Crippen molar-refractivity contribution in [1.29, 1.82) is 5.41 Å². The summed E-state index contributed by atoms with van der Waals surface area (Å²) in [6, 6.07) is 8.76. The van der Waals surface area contributed by atoms with Gasteiger partial charge in [0.15, 0.2) is 0 Å². The molecule has 0 aromatic heterocycles. The molecule has 2 aliphatic rings. The lowest BCUT2D eigenvalue weighted by atomic mass is 9.88. The van der Waals surface area contributed by atoms with Gasteiger partial charge in [-0.15, -0.1) is 0 Å². The maximum Gasteiger partial charge on any atom is 0.0990 e. The van der Waals surface area contributed by atoms with Crippen molar-refractivity contribution < 1.29 is 0 Å². The molecule has 1 N–H and O–H groups in total. The maximum atomic E-state index is 8.49. The minimum absolute atomic E-state index is 0.532. The first-order chi connectivity index (χ1) is 10.2. The van der Waals surface area contributed by atoms with Crippen LogP contribution >= 0.6 is 0 Å². The van der Waals surface area contributed by atoms with Crippen LogP contribution in [0.25, 0.3) is 0 Å². The zero-order chi connectivity index (χ0) is 14.7. The molecule has 1 heterocycles. The third-order valence-corrected chi connectivity index (χ3v) is 4.98. The molecule has 0 unspecified atom stereocenters. The molecule has 3 nitrogen and oxygen atoms in total. The van der Waals surface area contributed by atoms with Crippen LogP contribution in [0.1, 0.15) is 37.7 Å². The van der Waals surface area contributed by atoms with Crippen LogP contribution < -0.4 is 4.90 Å². The van der Waals surface area contributed by atoms with E-state index in [1.54, 1.807) is 0 Å². The molecule has 1 aliphatic carbocycles. The summed E-state index contributed by atoms with van der Waals surface area (Å²) in [7, 11) is 0. The fourth-order valence-electron chi connectivity index (χ4n) is 3.66. The molecule has 0 spiro atoms. The van der Waals surface area contributed by atoms with Gasteiger partial charge in [-0.05, 0) is 37.5 Å². The zero-order valence-corrected chi connectivity index (χ0v) is 13.1. The van der Waals surface area contributed by atoms with Crippen LogP contribution in [-0.2, 0) is 0 Å². The first-order valence-corrected chi connectivity index (χ1v) is 8.39. The Bertz CT molecular complexity index is 483. The van der Waals surface area contributed by atoms with Crippen molar-refractivity contribution in [2.24, 2.45) is 5.92 Å². The highest BCUT2D eigenvalue weighted by Crippen LogP contribution is 2.26. The van der Waals surface area contributed by atoms with Gasteiger partial charge in [0.2, 0.25) is 0 Å². The SMILES string of the molecule is Cc1cccc(N2CCN(C(=N)C3CCCCC3)CC2)c1. The number of amidine groups is 1. The van der Waals surface area contributed by atoms with E-state index in [4.69, 9.17) is 5.41 Å². The summed E-state index contributed by atoms with van der Waals surface area (Å²) < 4.78 is 0. The van der Waals surface area contributed by atoms with Crippen molar-refractivity contribution in [3.63, 3.8) is 0 Å². The van der Waals surface area contributed by atoms with Crippen molar-refractivity contribution in [1.82, 2.24) is 4.90 Å². The van der Waals surface area contributed by atoms with Gasteiger partial charge >= 0.3 is 0 Å². The van der Waals surface area contributed by atoms with E-state index in [0.717, 1.165) is 32.0 Å². The molecule has 21 heavy (non-hydrogen) atoms. The first kappa shape index (κ1) is 14.4. The van der Waals surface area contributed by atoms with E-state index in [1.807, 2.05) is 0 Å². The highest BCUT2D eigenvalue weighted by atomic mass is 15.3. The minimum atomic E-state index is 0.532. The fraction of sp³-hybridized carbons (Fsp3) is 0.611. The van der Waals surface area contributed by atoms with Gasteiger partial charge in [-0.2, -0.15) is 0 Å². The van der Waals surface area contributed by atoms with Crippen LogP contribution in [0.3, 0.4) is 0 Å². The Hall–Kier alpha value is -1.51. The standard InChI is InChI=1S/C18H27N3/c1-15-6-5-9-17(14-15)20-10-12-21(13-11-20)18(19)16-7-3-2-4-8-16/h5-6,9,14,16,19H,2-4,7-8,10-13H2,1H3. The molecule has 0 atom stereocenters. The summed E-state index contributed by atoms with van der Waals surface area (Å²) in [5, 5.41) is 8.49. The normalized spacial score (nSPS) is 20.6. The molecular weight excluding hydrogens is 258 g/mol. The number of hydrogen-bond acceptors (Lipinski definition) is 2. The lowest BCUT2D eigenvalue weighted by Gasteiger charge is -2.40. The van der Waals surface area contributed by atoms with Gasteiger partial charge in [0.05, 0.1) is 5.84 Å². The van der Waals surface area contributed by atoms with Gasteiger partial charge in [0.25, 0.3) is 0 Å². The van der Waals surface area contributed by atoms with Crippen molar-refractivity contribution in [2.75, 3.05) is 31.1 Å². The second kappa shape index (κ2) is 6.50. The molecule has 114 valence electrons. The molecule has 3 rings (SSSR count). The molecule has 1 saturated carbocycles. The van der Waals surface area contributed by atoms with Crippen LogP contribution in [0.5, 0.6) is 0 Å². The Balaban J connectivity index is 1.56. The number of nitrogens with zero attached hydrogens (tertiary/aromatic N) is 2. The average Bonchev–Trinajstić information content (AvgIpc) is 2.55. The predicted octanol–water partition coefficient (Wildman–Crippen LogP) is 3.67. The molecule has 1 aliphatic heterocycles. The third-order valence-electron chi connectivity index (χ3n) is 4.98. The van der Waals surface area contributed by atoms with Gasteiger partial charge in [0.1, 0.15) is 0 Å². The van der Waals surface area contributed by atoms with Gasteiger partial charge in [0, 0.05) is 37.8 Å². The summed E-state index contributed by atoms with van der Waals surface area (Å²) in [5.41, 5.74) is 2.66. The number of hydrogen-bond donors (Lipinski definition) is 1. The van der Waals surface area contributed by atoms with Crippen LogP contribution in [0.15, 0.2) is 24.3 Å². The van der Waals surface area contributed by atoms with E-state index in [-0.39, 0.29) is 0 Å². The third kappa shape index (κ3) is 3.39. The predicted molar refractivity (Wildman–Crippen MR) is 89.3 cm³/mol. The lowest BCUT2D eigenvalue weighted by molar-refractivity contribution is 0.335. The second-order valence-corrected chi connectivity index (χ2v) is 6.53. The largest absolute Gasteiger partial charge is 0.368 e. The number of benzene rings is 1. The van der Waals surface area contributed by atoms with Gasteiger partial charge in [-0.3, -0.25) is 5.41 Å². The van der Waals surface area contributed by atoms with E-state index >= 15 is 0 Å². The molecule has 1 aromatic rings. The fourth-order valence-corrected chi connectivity index (χ4v) is 3.66. The second-order valence-electron chi connectivity index (χ2n) is 6.53. The lowest BCUT2D eigenvalue weighted by Crippen LogP contribution is -2.50. The van der Waals surface area contributed by atoms with Crippen molar-refractivity contribution in [3.05, 3.63) is 29.8 Å². The Morgan fingerprint density at radius 3 is 2.43 bits per heavy atom. The summed E-state index contributed by atoms with van der Waals surface area (Å²) in [6.07, 6.45) is 6.46. The average molecular weight is 285 g/mol. The Kier molecular flexibility index (Phi) is 4.47. The van der Waals surface area contributed by atoms with E-state index < -0.39 is 0 Å². The molecule has 0 bridgehead atoms. The Morgan fingerprint density at radius 2 is 1.76 bits per heavy atom. The monoisotopic (exact) mass is 285 g/mol. The molecule has 1 aromatic carbocycles. The topological polar surface area (TPSA) is 30.3 Å². The summed E-state index contributed by atoms with van der Waals surface area (Å²) in [6.45, 7) is 6.24. The molecular formula is C18H27N3. The van der Waals surface area contributed by atoms with Gasteiger partial charge in [-0.1, -0.05) is 31.4 Å². The number of rotatable bonds is 2. The van der Waals surface area contributed by atoms with Gasteiger partial charge in [-0.25, -0.2) is 0 Å². The summed E-state index contributed by atoms with van der Waals surface area (Å²) in [4.78, 5) is 4.78. The Labute approximate surface area is 128 Å². The van der Waals surface area contributed by atoms with Crippen LogP contribution in [0, 0.1) is 18.3 Å². The van der Waals surface area contributed by atoms with Crippen molar-refractivity contribution >= 4 is 11.5 Å². The number of anilines is 1. The van der Waals surface area contributed by atoms with E-state index in [1.165, 1.54) is 43.4 Å². The van der Waals surface area contributed by atoms with E-state index in [2.05, 4.69) is 41.0 Å². The first-order valence-electron chi connectivity index (χ1n) is 8.39. The molecule has 2 fully saturated rings. The van der Waals surface area contributed by atoms with Crippen LogP contribution in [0.2, 0.25) is 0 Å². The smallest absolute Gasteiger partial charge is 0.0990 e. The minimum Gasteiger partial charge on any atom is -0.368 e. The summed E-state index contributed by atoms with van der Waals surface area (Å²) >= 11 is 0. The van der Waals surface area contributed by atoms with Crippen LogP contribution in [-0.4, -0.2) is 36.9 Å². The number of nitrogens with one attached hydrogen (secondary N) is 1. The zero-order valence-electron chi connectivity index (χ0n) is 13.1. The molecule has 1 saturated heterocycles. The van der Waals surface area contributed by atoms with Gasteiger partial charge < -0.3 is 9.80 Å². The van der Waals surface area contributed by atoms with E-state index in [9.17, 15) is 0 Å². The maximum absolute atomic E-state index is 8.49. The van der Waals surface area contributed by atoms with Crippen molar-refractivity contribution in [2.45, 2.75) is 39.0 Å². The number of aryl methyl sites for hydroxylation is 1.